The molecule has 0 N–H and O–H groups in total. The van der Waals surface area contributed by atoms with E-state index in [1.54, 1.807) is 4.90 Å². The first-order valence-electron chi connectivity index (χ1n) is 5.47. The third kappa shape index (κ3) is 5.22. The van der Waals surface area contributed by atoms with Gasteiger partial charge in [0.1, 0.15) is 0 Å². The second kappa shape index (κ2) is 4.07. The average molecular weight is 161 g/mol. The molecule has 0 saturated carbocycles. The Balaban J connectivity index is 4.44. The molecule has 68 valence electrons. The molecule has 0 aromatic heterocycles. The molecule has 0 amide bonds. The molecule has 0 atom stereocenters. The van der Waals surface area contributed by atoms with Crippen LogP contribution < -0.4 is 0 Å². The van der Waals surface area contributed by atoms with Crippen LogP contribution in [0, 0.1) is 0 Å². The molecular formula is C9H22N2. The second-order valence-electron chi connectivity index (χ2n) is 4.13. The predicted octanol–water partition coefficient (Wildman–Crippen LogP) is 1.28. The average Bonchev–Trinajstić information content (AvgIpc) is 1.78. The molecule has 0 aliphatic carbocycles. The van der Waals surface area contributed by atoms with E-state index in [0.717, 1.165) is 6.54 Å². The van der Waals surface area contributed by atoms with E-state index in [4.69, 9.17) is 4.11 Å². The monoisotopic (exact) mass is 161 g/mol. The largest absolute Gasteiger partial charge is 0.308 e. The van der Waals surface area contributed by atoms with Crippen molar-refractivity contribution >= 4 is 0 Å². The summed E-state index contributed by atoms with van der Waals surface area (Å²) in [6, 6.07) is 0. The van der Waals surface area contributed by atoms with Gasteiger partial charge in [-0.05, 0) is 41.8 Å². The van der Waals surface area contributed by atoms with Gasteiger partial charge in [-0.3, -0.25) is 0 Å². The van der Waals surface area contributed by atoms with Gasteiger partial charge in [0.05, 0.1) is 0 Å². The van der Waals surface area contributed by atoms with E-state index in [-0.39, 0.29) is 5.54 Å². The number of rotatable bonds is 3. The van der Waals surface area contributed by atoms with Crippen LogP contribution in [0.4, 0.5) is 0 Å². The molecule has 0 aromatic carbocycles. The molecule has 0 spiro atoms. The Labute approximate surface area is 75.4 Å². The summed E-state index contributed by atoms with van der Waals surface area (Å²) in [4.78, 5) is 3.55. The van der Waals surface area contributed by atoms with Gasteiger partial charge < -0.3 is 9.80 Å². The summed E-state index contributed by atoms with van der Waals surface area (Å²) in [6.45, 7) is 5.09. The van der Waals surface area contributed by atoms with Crippen LogP contribution in [0.3, 0.4) is 0 Å². The van der Waals surface area contributed by atoms with Crippen LogP contribution in [0.25, 0.3) is 0 Å². The molecule has 0 radical (unpaired) electrons. The van der Waals surface area contributed by atoms with Crippen LogP contribution in [-0.4, -0.2) is 49.5 Å². The van der Waals surface area contributed by atoms with E-state index >= 15 is 0 Å². The number of likely N-dealkylation sites (N-methyl/N-ethyl adjacent to an activating group) is 2. The molecule has 0 bridgehead atoms. The van der Waals surface area contributed by atoms with Crippen LogP contribution in [0.1, 0.15) is 24.9 Å². The lowest BCUT2D eigenvalue weighted by Gasteiger charge is -2.32. The van der Waals surface area contributed by atoms with Crippen LogP contribution in [-0.2, 0) is 0 Å². The number of hydrogen-bond donors (Lipinski definition) is 0. The SMILES string of the molecule is [2H]C([2H])([2H])N(CCN(C)C)C(C)(C)C. The van der Waals surface area contributed by atoms with Gasteiger partial charge in [0, 0.05) is 22.7 Å². The summed E-state index contributed by atoms with van der Waals surface area (Å²) in [7, 11) is 3.89. The molecule has 0 aliphatic rings. The minimum Gasteiger partial charge on any atom is -0.308 e. The molecule has 2 heteroatoms. The summed E-state index contributed by atoms with van der Waals surface area (Å²) in [5.74, 6) is 0. The van der Waals surface area contributed by atoms with Gasteiger partial charge in [-0.2, -0.15) is 0 Å². The highest BCUT2D eigenvalue weighted by molar-refractivity contribution is 4.72. The quantitative estimate of drug-likeness (QED) is 0.615. The van der Waals surface area contributed by atoms with Crippen molar-refractivity contribution in [3.63, 3.8) is 0 Å². The molecule has 0 unspecified atom stereocenters. The van der Waals surface area contributed by atoms with Gasteiger partial charge in [-0.25, -0.2) is 0 Å². The normalized spacial score (nSPS) is 18.3. The van der Waals surface area contributed by atoms with E-state index in [1.165, 1.54) is 0 Å². The molecule has 0 aliphatic heterocycles. The fourth-order valence-electron chi connectivity index (χ4n) is 0.635. The summed E-state index contributed by atoms with van der Waals surface area (Å²) >= 11 is 0. The van der Waals surface area contributed by atoms with Crippen molar-refractivity contribution in [1.82, 2.24) is 9.80 Å². The lowest BCUT2D eigenvalue weighted by Crippen LogP contribution is -2.41. The van der Waals surface area contributed by atoms with Crippen molar-refractivity contribution in [2.75, 3.05) is 34.2 Å². The number of hydrogen-bond acceptors (Lipinski definition) is 2. The Bertz CT molecular complexity index is 156. The summed E-state index contributed by atoms with van der Waals surface area (Å²) in [5, 5.41) is 0. The van der Waals surface area contributed by atoms with E-state index in [9.17, 15) is 0 Å². The maximum Gasteiger partial charge on any atom is 0.0394 e. The standard InChI is InChI=1S/C9H22N2/c1-9(2,3)11(6)8-7-10(4)5/h7-8H2,1-6H3/i6D3. The molecular weight excluding hydrogens is 136 g/mol. The molecule has 0 saturated heterocycles. The van der Waals surface area contributed by atoms with Crippen LogP contribution in [0.5, 0.6) is 0 Å². The Morgan fingerprint density at radius 2 is 1.73 bits per heavy atom. The lowest BCUT2D eigenvalue weighted by atomic mass is 10.1. The maximum atomic E-state index is 7.43. The van der Waals surface area contributed by atoms with E-state index in [2.05, 4.69) is 0 Å². The highest BCUT2D eigenvalue weighted by atomic mass is 15.2. The zero-order chi connectivity index (χ0) is 11.6. The molecule has 11 heavy (non-hydrogen) atoms. The fourth-order valence-corrected chi connectivity index (χ4v) is 0.635. The zero-order valence-electron chi connectivity index (χ0n) is 11.3. The van der Waals surface area contributed by atoms with Gasteiger partial charge in [-0.15, -0.1) is 0 Å². The van der Waals surface area contributed by atoms with Crippen molar-refractivity contribution in [2.24, 2.45) is 0 Å². The first-order valence-corrected chi connectivity index (χ1v) is 3.97. The van der Waals surface area contributed by atoms with Crippen LogP contribution in [0.15, 0.2) is 0 Å². The third-order valence-corrected chi connectivity index (χ3v) is 1.58. The van der Waals surface area contributed by atoms with E-state index in [0.29, 0.717) is 6.54 Å². The highest BCUT2D eigenvalue weighted by Crippen LogP contribution is 2.08. The van der Waals surface area contributed by atoms with E-state index in [1.807, 2.05) is 39.8 Å². The lowest BCUT2D eigenvalue weighted by molar-refractivity contribution is 0.161. The van der Waals surface area contributed by atoms with Crippen LogP contribution >= 0.6 is 0 Å². The molecule has 2 nitrogen and oxygen atoms in total. The van der Waals surface area contributed by atoms with Crippen molar-refractivity contribution in [1.29, 1.82) is 0 Å². The minimum absolute atomic E-state index is 0.318. The summed E-state index contributed by atoms with van der Waals surface area (Å²) < 4.78 is 22.3. The second-order valence-corrected chi connectivity index (χ2v) is 4.13. The molecule has 0 fully saturated rings. The molecule has 0 aromatic rings. The third-order valence-electron chi connectivity index (χ3n) is 1.58. The van der Waals surface area contributed by atoms with Crippen LogP contribution in [0.2, 0.25) is 0 Å². The molecule has 0 heterocycles. The van der Waals surface area contributed by atoms with Gasteiger partial charge >= 0.3 is 0 Å². The minimum atomic E-state index is -2.01. The Morgan fingerprint density at radius 1 is 1.18 bits per heavy atom. The smallest absolute Gasteiger partial charge is 0.0394 e. The Kier molecular flexibility index (Phi) is 2.38. The van der Waals surface area contributed by atoms with E-state index < -0.39 is 6.98 Å². The zero-order valence-corrected chi connectivity index (χ0v) is 8.31. The van der Waals surface area contributed by atoms with Gasteiger partial charge in [0.2, 0.25) is 0 Å². The fraction of sp³-hybridized carbons (Fsp3) is 1.00. The van der Waals surface area contributed by atoms with Crippen molar-refractivity contribution in [3.05, 3.63) is 0 Å². The van der Waals surface area contributed by atoms with Crippen molar-refractivity contribution in [2.45, 2.75) is 26.3 Å². The summed E-state index contributed by atoms with van der Waals surface area (Å²) in [6.07, 6.45) is 0. The number of nitrogens with zero attached hydrogens (tertiary/aromatic N) is 2. The first kappa shape index (κ1) is 6.44. The topological polar surface area (TPSA) is 6.48 Å². The maximum absolute atomic E-state index is 7.43. The van der Waals surface area contributed by atoms with Crippen molar-refractivity contribution in [3.8, 4) is 0 Å². The first-order chi connectivity index (χ1) is 6.05. The molecule has 0 rings (SSSR count). The van der Waals surface area contributed by atoms with Gasteiger partial charge in [0.15, 0.2) is 0 Å². The predicted molar refractivity (Wildman–Crippen MR) is 50.9 cm³/mol. The van der Waals surface area contributed by atoms with Crippen molar-refractivity contribution < 1.29 is 4.11 Å². The Morgan fingerprint density at radius 3 is 2.00 bits per heavy atom. The summed E-state index contributed by atoms with van der Waals surface area (Å²) in [5.41, 5.74) is -0.318. The van der Waals surface area contributed by atoms with Gasteiger partial charge in [0.25, 0.3) is 0 Å². The van der Waals surface area contributed by atoms with Gasteiger partial charge in [-0.1, -0.05) is 0 Å². The Hall–Kier alpha value is -0.0800. The highest BCUT2D eigenvalue weighted by Gasteiger charge is 2.15.